The van der Waals surface area contributed by atoms with Crippen LogP contribution in [-0.2, 0) is 11.0 Å². The topological polar surface area (TPSA) is 63.7 Å². The Hall–Kier alpha value is -2.97. The molecule has 6 nitrogen and oxygen atoms in total. The van der Waals surface area contributed by atoms with E-state index in [1.54, 1.807) is 31.4 Å². The van der Waals surface area contributed by atoms with Gasteiger partial charge in [0.15, 0.2) is 6.61 Å². The lowest BCUT2D eigenvalue weighted by molar-refractivity contribution is -0.137. The van der Waals surface area contributed by atoms with E-state index in [1.807, 2.05) is 4.90 Å². The highest BCUT2D eigenvalue weighted by molar-refractivity contribution is 5.77. The van der Waals surface area contributed by atoms with E-state index in [0.717, 1.165) is 12.3 Å². The van der Waals surface area contributed by atoms with Gasteiger partial charge in [-0.3, -0.25) is 4.79 Å². The van der Waals surface area contributed by atoms with E-state index in [1.165, 1.54) is 6.07 Å². The maximum absolute atomic E-state index is 12.6. The molecule has 1 saturated heterocycles. The molecule has 156 valence electrons. The first-order valence-corrected chi connectivity index (χ1v) is 9.19. The number of hydrogen-bond donors (Lipinski definition) is 1. The summed E-state index contributed by atoms with van der Waals surface area (Å²) >= 11 is 0. The number of benzene rings is 1. The third-order valence-corrected chi connectivity index (χ3v) is 4.69. The number of pyridine rings is 1. The second-order valence-corrected chi connectivity index (χ2v) is 6.70. The molecule has 0 radical (unpaired) electrons. The van der Waals surface area contributed by atoms with Crippen molar-refractivity contribution in [2.75, 3.05) is 31.7 Å². The summed E-state index contributed by atoms with van der Waals surface area (Å²) in [6.45, 7) is 1.11. The summed E-state index contributed by atoms with van der Waals surface area (Å²) in [5.41, 5.74) is -0.764. The van der Waals surface area contributed by atoms with Crippen molar-refractivity contribution in [3.8, 4) is 11.5 Å². The minimum absolute atomic E-state index is 0.00679. The number of amides is 1. The van der Waals surface area contributed by atoms with E-state index < -0.39 is 11.7 Å². The van der Waals surface area contributed by atoms with Crippen LogP contribution in [-0.4, -0.2) is 43.7 Å². The van der Waals surface area contributed by atoms with Gasteiger partial charge in [-0.05, 0) is 49.2 Å². The Kier molecular flexibility index (Phi) is 6.46. The molecule has 3 rings (SSSR count). The van der Waals surface area contributed by atoms with Gasteiger partial charge in [0.1, 0.15) is 17.3 Å². The van der Waals surface area contributed by atoms with E-state index in [0.29, 0.717) is 43.2 Å². The fourth-order valence-corrected chi connectivity index (χ4v) is 3.08. The lowest BCUT2D eigenvalue weighted by Gasteiger charge is -2.33. The third-order valence-electron chi connectivity index (χ3n) is 4.69. The number of hydrogen-bond acceptors (Lipinski definition) is 5. The number of nitrogens with zero attached hydrogens (tertiary/aromatic N) is 2. The quantitative estimate of drug-likeness (QED) is 0.794. The van der Waals surface area contributed by atoms with Crippen molar-refractivity contribution < 1.29 is 27.4 Å². The first-order chi connectivity index (χ1) is 13.8. The Morgan fingerprint density at radius 2 is 1.79 bits per heavy atom. The summed E-state index contributed by atoms with van der Waals surface area (Å²) in [4.78, 5) is 17.9. The van der Waals surface area contributed by atoms with Crippen molar-refractivity contribution in [3.63, 3.8) is 0 Å². The van der Waals surface area contributed by atoms with E-state index in [9.17, 15) is 18.0 Å². The molecule has 1 aliphatic heterocycles. The molecule has 1 aromatic heterocycles. The number of piperidine rings is 1. The molecular formula is C20H22F3N3O3. The predicted octanol–water partition coefficient (Wildman–Crippen LogP) is 3.27. The predicted molar refractivity (Wildman–Crippen MR) is 101 cm³/mol. The Balaban J connectivity index is 1.42. The van der Waals surface area contributed by atoms with Crippen LogP contribution in [0.3, 0.4) is 0 Å². The largest absolute Gasteiger partial charge is 0.497 e. The van der Waals surface area contributed by atoms with Gasteiger partial charge in [-0.2, -0.15) is 13.2 Å². The van der Waals surface area contributed by atoms with Crippen molar-refractivity contribution >= 4 is 11.7 Å². The molecule has 2 heterocycles. The van der Waals surface area contributed by atoms with Gasteiger partial charge in [-0.15, -0.1) is 0 Å². The van der Waals surface area contributed by atoms with Gasteiger partial charge in [0.2, 0.25) is 0 Å². The van der Waals surface area contributed by atoms with E-state index in [2.05, 4.69) is 10.3 Å². The molecule has 1 amide bonds. The molecule has 1 aliphatic rings. The smallest absolute Gasteiger partial charge is 0.417 e. The second kappa shape index (κ2) is 9.02. The SMILES string of the molecule is COc1ccc(OCC(=O)NC2CCN(c3ccc(C(F)(F)F)cn3)CC2)cc1. The van der Waals surface area contributed by atoms with Crippen LogP contribution in [0.2, 0.25) is 0 Å². The lowest BCUT2D eigenvalue weighted by atomic mass is 10.0. The Morgan fingerprint density at radius 3 is 2.34 bits per heavy atom. The number of aromatic nitrogens is 1. The summed E-state index contributed by atoms with van der Waals surface area (Å²) in [5, 5.41) is 2.93. The summed E-state index contributed by atoms with van der Waals surface area (Å²) in [6.07, 6.45) is -2.19. The van der Waals surface area contributed by atoms with Crippen LogP contribution in [0.5, 0.6) is 11.5 Å². The Bertz CT molecular complexity index is 802. The maximum Gasteiger partial charge on any atom is 0.417 e. The molecule has 1 fully saturated rings. The van der Waals surface area contributed by atoms with Crippen LogP contribution in [0.15, 0.2) is 42.6 Å². The van der Waals surface area contributed by atoms with Gasteiger partial charge in [0.05, 0.1) is 12.7 Å². The Labute approximate surface area is 166 Å². The fraction of sp³-hybridized carbons (Fsp3) is 0.400. The molecule has 0 spiro atoms. The van der Waals surface area contributed by atoms with Crippen molar-refractivity contribution in [2.24, 2.45) is 0 Å². The zero-order chi connectivity index (χ0) is 20.9. The van der Waals surface area contributed by atoms with Gasteiger partial charge in [0, 0.05) is 25.3 Å². The average molecular weight is 409 g/mol. The first-order valence-electron chi connectivity index (χ1n) is 9.19. The van der Waals surface area contributed by atoms with Gasteiger partial charge in [-0.1, -0.05) is 0 Å². The number of halogens is 3. The zero-order valence-corrected chi connectivity index (χ0v) is 15.9. The third kappa shape index (κ3) is 5.75. The average Bonchev–Trinajstić information content (AvgIpc) is 2.73. The number of alkyl halides is 3. The monoisotopic (exact) mass is 409 g/mol. The molecule has 0 bridgehead atoms. The summed E-state index contributed by atoms with van der Waals surface area (Å²) < 4.78 is 48.4. The van der Waals surface area contributed by atoms with Crippen LogP contribution in [0.1, 0.15) is 18.4 Å². The molecule has 1 N–H and O–H groups in total. The minimum Gasteiger partial charge on any atom is -0.497 e. The van der Waals surface area contributed by atoms with E-state index >= 15 is 0 Å². The normalized spacial score (nSPS) is 15.1. The van der Waals surface area contributed by atoms with E-state index in [4.69, 9.17) is 9.47 Å². The Morgan fingerprint density at radius 1 is 1.14 bits per heavy atom. The molecule has 29 heavy (non-hydrogen) atoms. The van der Waals surface area contributed by atoms with Gasteiger partial charge >= 0.3 is 6.18 Å². The van der Waals surface area contributed by atoms with Crippen molar-refractivity contribution in [3.05, 3.63) is 48.2 Å². The molecule has 0 atom stereocenters. The highest BCUT2D eigenvalue weighted by Gasteiger charge is 2.31. The molecule has 9 heteroatoms. The number of nitrogens with one attached hydrogen (secondary N) is 1. The lowest BCUT2D eigenvalue weighted by Crippen LogP contribution is -2.46. The van der Waals surface area contributed by atoms with Crippen LogP contribution in [0.4, 0.5) is 19.0 Å². The van der Waals surface area contributed by atoms with E-state index in [-0.39, 0.29) is 18.6 Å². The van der Waals surface area contributed by atoms with Crippen molar-refractivity contribution in [1.82, 2.24) is 10.3 Å². The standard InChI is InChI=1S/C20H22F3N3O3/c1-28-16-3-5-17(6-4-16)29-13-19(27)25-15-8-10-26(11-9-15)18-7-2-14(12-24-18)20(21,22)23/h2-7,12,15H,8-11,13H2,1H3,(H,25,27). The van der Waals surface area contributed by atoms with Crippen molar-refractivity contribution in [1.29, 1.82) is 0 Å². The van der Waals surface area contributed by atoms with Gasteiger partial charge in [-0.25, -0.2) is 4.98 Å². The fourth-order valence-electron chi connectivity index (χ4n) is 3.08. The number of anilines is 1. The van der Waals surface area contributed by atoms with Crippen LogP contribution in [0.25, 0.3) is 0 Å². The minimum atomic E-state index is -4.39. The second-order valence-electron chi connectivity index (χ2n) is 6.70. The number of methoxy groups -OCH3 is 1. The van der Waals surface area contributed by atoms with Crippen LogP contribution < -0.4 is 19.7 Å². The van der Waals surface area contributed by atoms with Crippen LogP contribution >= 0.6 is 0 Å². The molecule has 0 unspecified atom stereocenters. The van der Waals surface area contributed by atoms with Gasteiger partial charge < -0.3 is 19.7 Å². The highest BCUT2D eigenvalue weighted by atomic mass is 19.4. The van der Waals surface area contributed by atoms with Crippen LogP contribution in [0, 0.1) is 0 Å². The molecule has 0 aliphatic carbocycles. The number of ether oxygens (including phenoxy) is 2. The molecule has 0 saturated carbocycles. The summed E-state index contributed by atoms with van der Waals surface area (Å²) in [5.74, 6) is 1.57. The number of carbonyl (C=O) groups is 1. The molecule has 2 aromatic rings. The summed E-state index contributed by atoms with van der Waals surface area (Å²) in [7, 11) is 1.57. The zero-order valence-electron chi connectivity index (χ0n) is 15.9. The van der Waals surface area contributed by atoms with Gasteiger partial charge in [0.25, 0.3) is 5.91 Å². The summed E-state index contributed by atoms with van der Waals surface area (Å²) in [6, 6.07) is 9.35. The van der Waals surface area contributed by atoms with Crippen molar-refractivity contribution in [2.45, 2.75) is 25.1 Å². The number of rotatable bonds is 6. The maximum atomic E-state index is 12.6. The molecular weight excluding hydrogens is 387 g/mol. The highest BCUT2D eigenvalue weighted by Crippen LogP contribution is 2.29. The number of carbonyl (C=O) groups excluding carboxylic acids is 1. The first kappa shape index (κ1) is 20.8. The molecule has 1 aromatic carbocycles.